The number of ether oxygens (including phenoxy) is 1. The van der Waals surface area contributed by atoms with Crippen LogP contribution in [0.1, 0.15) is 11.1 Å². The number of amides is 2. The number of carbonyl (C=O) groups excluding carboxylic acids is 3. The minimum atomic E-state index is -4.06. The minimum absolute atomic E-state index is 0.0258. The molecule has 1 aliphatic heterocycles. The number of rotatable bonds is 13. The molecule has 2 amide bonds. The van der Waals surface area contributed by atoms with Crippen molar-refractivity contribution in [1.82, 2.24) is 10.2 Å². The van der Waals surface area contributed by atoms with Crippen LogP contribution in [0.2, 0.25) is 0 Å². The van der Waals surface area contributed by atoms with Crippen molar-refractivity contribution < 1.29 is 32.5 Å². The first-order chi connectivity index (χ1) is 20.5. The Morgan fingerprint density at radius 2 is 1.63 bits per heavy atom. The Bertz CT molecular complexity index is 1620. The molecule has 1 aliphatic rings. The van der Waals surface area contributed by atoms with Crippen LogP contribution in [0.25, 0.3) is 0 Å². The topological polar surface area (TPSA) is 153 Å². The number of nitro groups is 1. The molecule has 3 aromatic rings. The molecule has 1 fully saturated rings. The monoisotopic (exact) mass is 643 g/mol. The molecular formula is C29H26ClN3O8S2. The van der Waals surface area contributed by atoms with Crippen molar-refractivity contribution in [2.45, 2.75) is 35.4 Å². The molecule has 1 heterocycles. The van der Waals surface area contributed by atoms with Gasteiger partial charge in [-0.1, -0.05) is 55.1 Å². The van der Waals surface area contributed by atoms with Gasteiger partial charge in [0.2, 0.25) is 20.7 Å². The Kier molecular flexibility index (Phi) is 10.2. The largest absolute Gasteiger partial charge is 0.459 e. The summed E-state index contributed by atoms with van der Waals surface area (Å²) < 4.78 is 32.1. The van der Waals surface area contributed by atoms with E-state index in [1.165, 1.54) is 36.4 Å². The van der Waals surface area contributed by atoms with E-state index >= 15 is 0 Å². The molecule has 43 heavy (non-hydrogen) atoms. The summed E-state index contributed by atoms with van der Waals surface area (Å²) in [5.41, 5.74) is 1.05. The zero-order chi connectivity index (χ0) is 31.1. The Labute approximate surface area is 256 Å². The van der Waals surface area contributed by atoms with E-state index in [9.17, 15) is 32.9 Å². The fraction of sp³-hybridized carbons (Fsp3) is 0.207. The number of β-lactam (4-membered cyclic amide) rings is 1. The molecule has 224 valence electrons. The summed E-state index contributed by atoms with van der Waals surface area (Å²) in [7, 11) is -3.65. The number of esters is 1. The third kappa shape index (κ3) is 7.61. The number of non-ortho nitro benzene ring substituents is 1. The number of alkyl halides is 1. The van der Waals surface area contributed by atoms with Crippen LogP contribution in [-0.4, -0.2) is 59.4 Å². The third-order valence-electron chi connectivity index (χ3n) is 6.45. The standard InChI is InChI=1S/C29H26ClN3O8S2/c1-19(17-30)26(29(36)41-18-21-12-14-22(15-13-21)33(37)38)32-27(35)25(31-24(34)16-20-8-4-2-5-9-20)28(32)42-43(39,40)23-10-6-3-7-11-23/h2-15,25-26,28H,1,16-18H2,(H,31,34). The highest BCUT2D eigenvalue weighted by Gasteiger charge is 2.56. The van der Waals surface area contributed by atoms with Crippen LogP contribution in [0.5, 0.6) is 0 Å². The van der Waals surface area contributed by atoms with Crippen LogP contribution < -0.4 is 5.32 Å². The first-order valence-corrected chi connectivity index (χ1v) is 16.2. The van der Waals surface area contributed by atoms with Crippen LogP contribution in [0.3, 0.4) is 0 Å². The van der Waals surface area contributed by atoms with Gasteiger partial charge in [0.1, 0.15) is 18.0 Å². The summed E-state index contributed by atoms with van der Waals surface area (Å²) in [6.45, 7) is 3.51. The predicted molar refractivity (Wildman–Crippen MR) is 160 cm³/mol. The number of hydrogen-bond donors (Lipinski definition) is 1. The Morgan fingerprint density at radius 1 is 1.02 bits per heavy atom. The number of carbonyl (C=O) groups is 3. The third-order valence-corrected chi connectivity index (χ3v) is 10.5. The maximum absolute atomic E-state index is 13.5. The average molecular weight is 644 g/mol. The van der Waals surface area contributed by atoms with E-state index in [1.54, 1.807) is 48.5 Å². The van der Waals surface area contributed by atoms with Crippen molar-refractivity contribution in [3.63, 3.8) is 0 Å². The van der Waals surface area contributed by atoms with Crippen molar-refractivity contribution in [3.05, 3.63) is 118 Å². The second-order valence-electron chi connectivity index (χ2n) is 9.43. The van der Waals surface area contributed by atoms with Crippen molar-refractivity contribution >= 4 is 54.7 Å². The van der Waals surface area contributed by atoms with Crippen LogP contribution in [-0.2, 0) is 41.0 Å². The zero-order valence-electron chi connectivity index (χ0n) is 22.5. The number of hydrogen-bond acceptors (Lipinski definition) is 9. The molecule has 0 saturated carbocycles. The number of benzene rings is 3. The van der Waals surface area contributed by atoms with Crippen LogP contribution in [0.15, 0.2) is 102 Å². The summed E-state index contributed by atoms with van der Waals surface area (Å²) in [5, 5.41) is 12.3. The summed E-state index contributed by atoms with van der Waals surface area (Å²) in [6, 6.07) is 18.9. The minimum Gasteiger partial charge on any atom is -0.459 e. The Hall–Kier alpha value is -4.20. The van der Waals surface area contributed by atoms with E-state index in [4.69, 9.17) is 16.3 Å². The van der Waals surface area contributed by atoms with E-state index < -0.39 is 49.0 Å². The number of nitrogens with zero attached hydrogens (tertiary/aromatic N) is 2. The van der Waals surface area contributed by atoms with Crippen LogP contribution in [0, 0.1) is 10.1 Å². The molecule has 0 aliphatic carbocycles. The molecule has 0 bridgehead atoms. The molecule has 0 spiro atoms. The molecule has 11 nitrogen and oxygen atoms in total. The van der Waals surface area contributed by atoms with Crippen molar-refractivity contribution in [1.29, 1.82) is 0 Å². The highest BCUT2D eigenvalue weighted by molar-refractivity contribution is 8.72. The first-order valence-electron chi connectivity index (χ1n) is 12.8. The summed E-state index contributed by atoms with van der Waals surface area (Å²) in [5.74, 6) is -2.42. The van der Waals surface area contributed by atoms with Gasteiger partial charge in [-0.3, -0.25) is 19.7 Å². The van der Waals surface area contributed by atoms with Crippen molar-refractivity contribution in [3.8, 4) is 0 Å². The van der Waals surface area contributed by atoms with Crippen molar-refractivity contribution in [2.24, 2.45) is 0 Å². The molecule has 3 aromatic carbocycles. The molecule has 14 heteroatoms. The first kappa shape index (κ1) is 31.7. The van der Waals surface area contributed by atoms with Gasteiger partial charge >= 0.3 is 5.97 Å². The molecule has 1 N–H and O–H groups in total. The quantitative estimate of drug-likeness (QED) is 0.0557. The van der Waals surface area contributed by atoms with Gasteiger partial charge in [-0.05, 0) is 41.0 Å². The van der Waals surface area contributed by atoms with Gasteiger partial charge in [-0.2, -0.15) is 0 Å². The van der Waals surface area contributed by atoms with Gasteiger partial charge in [0, 0.05) is 28.8 Å². The molecular weight excluding hydrogens is 618 g/mol. The summed E-state index contributed by atoms with van der Waals surface area (Å²) >= 11 is 6.01. The summed E-state index contributed by atoms with van der Waals surface area (Å²) in [4.78, 5) is 51.0. The lowest BCUT2D eigenvalue weighted by Crippen LogP contribution is -2.73. The van der Waals surface area contributed by atoms with E-state index in [0.29, 0.717) is 21.9 Å². The van der Waals surface area contributed by atoms with Gasteiger partial charge in [0.25, 0.3) is 5.69 Å². The number of nitro benzene ring substituents is 1. The zero-order valence-corrected chi connectivity index (χ0v) is 24.9. The smallest absolute Gasteiger partial charge is 0.333 e. The number of nitrogens with one attached hydrogen (secondary N) is 1. The number of halogens is 1. The lowest BCUT2D eigenvalue weighted by Gasteiger charge is -2.49. The normalized spacial score (nSPS) is 17.0. The Balaban J connectivity index is 1.58. The van der Waals surface area contributed by atoms with E-state index in [-0.39, 0.29) is 35.1 Å². The fourth-order valence-corrected chi connectivity index (χ4v) is 7.95. The second kappa shape index (κ2) is 13.8. The van der Waals surface area contributed by atoms with E-state index in [2.05, 4.69) is 11.9 Å². The summed E-state index contributed by atoms with van der Waals surface area (Å²) in [6.07, 6.45) is -0.0530. The molecule has 3 atom stereocenters. The van der Waals surface area contributed by atoms with Gasteiger partial charge in [-0.15, -0.1) is 11.6 Å². The van der Waals surface area contributed by atoms with Gasteiger partial charge in [0.15, 0.2) is 6.04 Å². The highest BCUT2D eigenvalue weighted by atomic mass is 35.5. The van der Waals surface area contributed by atoms with Gasteiger partial charge in [0.05, 0.1) is 16.2 Å². The van der Waals surface area contributed by atoms with Gasteiger partial charge in [-0.25, -0.2) is 13.2 Å². The predicted octanol–water partition coefficient (Wildman–Crippen LogP) is 3.82. The van der Waals surface area contributed by atoms with E-state index in [1.807, 2.05) is 0 Å². The highest BCUT2D eigenvalue weighted by Crippen LogP contribution is 2.40. The second-order valence-corrected chi connectivity index (χ2v) is 13.6. The van der Waals surface area contributed by atoms with E-state index in [0.717, 1.165) is 4.90 Å². The number of likely N-dealkylation sites (tertiary alicyclic amines) is 1. The van der Waals surface area contributed by atoms with Crippen molar-refractivity contribution in [2.75, 3.05) is 5.88 Å². The maximum Gasteiger partial charge on any atom is 0.333 e. The lowest BCUT2D eigenvalue weighted by atomic mass is 9.99. The molecule has 3 unspecified atom stereocenters. The fourth-order valence-electron chi connectivity index (χ4n) is 4.27. The van der Waals surface area contributed by atoms with Gasteiger partial charge < -0.3 is 15.0 Å². The Morgan fingerprint density at radius 3 is 2.21 bits per heavy atom. The lowest BCUT2D eigenvalue weighted by molar-refractivity contribution is -0.384. The maximum atomic E-state index is 13.5. The molecule has 0 aromatic heterocycles. The molecule has 1 saturated heterocycles. The average Bonchev–Trinajstić information content (AvgIpc) is 3.01. The van der Waals surface area contributed by atoms with Crippen LogP contribution >= 0.6 is 22.4 Å². The molecule has 0 radical (unpaired) electrons. The SMILES string of the molecule is C=C(CCl)C(C(=O)OCc1ccc([N+](=O)[O-])cc1)N1C(=O)C(NC(=O)Cc2ccccc2)C1SS(=O)(=O)c1ccccc1. The molecule has 4 rings (SSSR count). The van der Waals surface area contributed by atoms with Crippen LogP contribution in [0.4, 0.5) is 5.69 Å².